The van der Waals surface area contributed by atoms with E-state index in [1.165, 1.54) is 30.5 Å². The number of amides is 1. The Labute approximate surface area is 141 Å². The minimum Gasteiger partial charge on any atom is -0.478 e. The molecule has 0 radical (unpaired) electrons. The van der Waals surface area contributed by atoms with E-state index in [1.807, 2.05) is 18.2 Å². The first kappa shape index (κ1) is 16.2. The van der Waals surface area contributed by atoms with Gasteiger partial charge in [0.15, 0.2) is 0 Å². The molecule has 1 unspecified atom stereocenters. The van der Waals surface area contributed by atoms with E-state index in [0.717, 1.165) is 12.0 Å². The number of hydrogen-bond acceptors (Lipinski definition) is 2. The van der Waals surface area contributed by atoms with E-state index < -0.39 is 5.97 Å². The largest absolute Gasteiger partial charge is 0.478 e. The summed E-state index contributed by atoms with van der Waals surface area (Å²) in [4.78, 5) is 23.2. The van der Waals surface area contributed by atoms with Crippen LogP contribution in [0.1, 0.15) is 34.3 Å². The van der Waals surface area contributed by atoms with Crippen molar-refractivity contribution in [2.75, 3.05) is 0 Å². The van der Waals surface area contributed by atoms with Crippen molar-refractivity contribution in [1.29, 1.82) is 0 Å². The van der Waals surface area contributed by atoms with E-state index in [1.54, 1.807) is 12.1 Å². The first-order chi connectivity index (χ1) is 11.6. The molecule has 24 heavy (non-hydrogen) atoms. The highest BCUT2D eigenvalue weighted by Crippen LogP contribution is 2.34. The lowest BCUT2D eigenvalue weighted by Crippen LogP contribution is -2.39. The van der Waals surface area contributed by atoms with Gasteiger partial charge < -0.3 is 10.4 Å². The molecule has 1 aliphatic carbocycles. The highest BCUT2D eigenvalue weighted by atomic mass is 16.4. The van der Waals surface area contributed by atoms with Crippen LogP contribution < -0.4 is 5.32 Å². The number of carboxylic acid groups (broad SMARTS) is 1. The molecule has 1 saturated carbocycles. The second-order valence-electron chi connectivity index (χ2n) is 6.38. The van der Waals surface area contributed by atoms with Crippen LogP contribution in [0.25, 0.3) is 0 Å². The van der Waals surface area contributed by atoms with Crippen molar-refractivity contribution in [1.82, 2.24) is 5.32 Å². The van der Waals surface area contributed by atoms with Gasteiger partial charge in [0.05, 0.1) is 12.0 Å². The fraction of sp³-hybridized carbons (Fsp3) is 0.300. The third-order valence-corrected chi connectivity index (χ3v) is 4.40. The van der Waals surface area contributed by atoms with E-state index in [-0.39, 0.29) is 23.9 Å². The van der Waals surface area contributed by atoms with Crippen molar-refractivity contribution >= 4 is 11.9 Å². The molecule has 2 aromatic carbocycles. The van der Waals surface area contributed by atoms with Gasteiger partial charge in [-0.25, -0.2) is 4.79 Å². The molecule has 1 atom stereocenters. The van der Waals surface area contributed by atoms with Crippen LogP contribution in [0.4, 0.5) is 0 Å². The number of rotatable bonds is 7. The zero-order chi connectivity index (χ0) is 16.9. The molecule has 0 saturated heterocycles. The van der Waals surface area contributed by atoms with Crippen molar-refractivity contribution in [2.45, 2.75) is 31.7 Å². The third kappa shape index (κ3) is 4.44. The highest BCUT2D eigenvalue weighted by molar-refractivity contribution is 5.87. The molecule has 0 heterocycles. The second-order valence-corrected chi connectivity index (χ2v) is 6.38. The van der Waals surface area contributed by atoms with Crippen LogP contribution >= 0.6 is 0 Å². The topological polar surface area (TPSA) is 66.4 Å². The van der Waals surface area contributed by atoms with E-state index in [2.05, 4.69) is 17.4 Å². The molecule has 0 aromatic heterocycles. The number of benzene rings is 2. The first-order valence-corrected chi connectivity index (χ1v) is 8.27. The molecule has 0 aliphatic heterocycles. The molecule has 3 rings (SSSR count). The van der Waals surface area contributed by atoms with Gasteiger partial charge in [-0.3, -0.25) is 4.79 Å². The maximum atomic E-state index is 12.3. The summed E-state index contributed by atoms with van der Waals surface area (Å²) < 4.78 is 0. The van der Waals surface area contributed by atoms with Crippen LogP contribution in [0, 0.1) is 5.92 Å². The van der Waals surface area contributed by atoms with Crippen molar-refractivity contribution in [3.63, 3.8) is 0 Å². The highest BCUT2D eigenvalue weighted by Gasteiger charge is 2.32. The fourth-order valence-electron chi connectivity index (χ4n) is 2.91. The molecule has 4 heteroatoms. The van der Waals surface area contributed by atoms with Gasteiger partial charge in [-0.15, -0.1) is 0 Å². The average molecular weight is 323 g/mol. The lowest BCUT2D eigenvalue weighted by molar-refractivity contribution is -0.121. The van der Waals surface area contributed by atoms with Gasteiger partial charge in [-0.05, 0) is 48.4 Å². The molecule has 0 spiro atoms. The Balaban J connectivity index is 1.58. The van der Waals surface area contributed by atoms with Crippen LogP contribution in [-0.2, 0) is 17.6 Å². The average Bonchev–Trinajstić information content (AvgIpc) is 3.40. The van der Waals surface area contributed by atoms with Gasteiger partial charge in [0.2, 0.25) is 5.91 Å². The summed E-state index contributed by atoms with van der Waals surface area (Å²) in [7, 11) is 0. The summed E-state index contributed by atoms with van der Waals surface area (Å²) >= 11 is 0. The van der Waals surface area contributed by atoms with Crippen LogP contribution in [0.3, 0.4) is 0 Å². The molecule has 1 fully saturated rings. The third-order valence-electron chi connectivity index (χ3n) is 4.40. The Morgan fingerprint density at radius 3 is 2.25 bits per heavy atom. The summed E-state index contributed by atoms with van der Waals surface area (Å²) in [5.74, 6) is -0.392. The van der Waals surface area contributed by atoms with Crippen molar-refractivity contribution < 1.29 is 14.7 Å². The Morgan fingerprint density at radius 1 is 1.00 bits per heavy atom. The number of carboxylic acids is 1. The second kappa shape index (κ2) is 7.30. The summed E-state index contributed by atoms with van der Waals surface area (Å²) in [5.41, 5.74) is 2.30. The lowest BCUT2D eigenvalue weighted by Gasteiger charge is -2.18. The number of aromatic carboxylic acids is 1. The van der Waals surface area contributed by atoms with E-state index >= 15 is 0 Å². The Kier molecular flexibility index (Phi) is 4.94. The predicted molar refractivity (Wildman–Crippen MR) is 91.9 cm³/mol. The number of hydrogen-bond donors (Lipinski definition) is 2. The zero-order valence-corrected chi connectivity index (χ0v) is 13.4. The normalized spacial score (nSPS) is 14.8. The van der Waals surface area contributed by atoms with Crippen LogP contribution in [-0.4, -0.2) is 23.0 Å². The predicted octanol–water partition coefficient (Wildman–Crippen LogP) is 3.06. The molecular formula is C20H21NO3. The first-order valence-electron chi connectivity index (χ1n) is 8.27. The molecule has 2 N–H and O–H groups in total. The molecular weight excluding hydrogens is 302 g/mol. The van der Waals surface area contributed by atoms with Gasteiger partial charge in [-0.1, -0.05) is 42.5 Å². The van der Waals surface area contributed by atoms with E-state index in [4.69, 9.17) is 5.11 Å². The summed E-state index contributed by atoms with van der Waals surface area (Å²) in [5, 5.41) is 12.1. The van der Waals surface area contributed by atoms with Crippen LogP contribution in [0.15, 0.2) is 54.6 Å². The monoisotopic (exact) mass is 323 g/mol. The number of carbonyl (C=O) groups excluding carboxylic acids is 1. The number of nitrogens with one attached hydrogen (secondary N) is 1. The lowest BCUT2D eigenvalue weighted by atomic mass is 10.0. The minimum atomic E-state index is -0.956. The van der Waals surface area contributed by atoms with Crippen molar-refractivity contribution in [3.05, 3.63) is 71.3 Å². The van der Waals surface area contributed by atoms with E-state index in [9.17, 15) is 9.59 Å². The van der Waals surface area contributed by atoms with Crippen LogP contribution in [0.5, 0.6) is 0 Å². The van der Waals surface area contributed by atoms with Crippen molar-refractivity contribution in [2.24, 2.45) is 5.92 Å². The summed E-state index contributed by atoms with van der Waals surface area (Å²) in [6, 6.07) is 16.9. The molecule has 0 bridgehead atoms. The van der Waals surface area contributed by atoms with Gasteiger partial charge in [0, 0.05) is 6.04 Å². The molecule has 1 aliphatic rings. The maximum absolute atomic E-state index is 12.3. The number of carbonyl (C=O) groups is 2. The standard InChI is InChI=1S/C20H21NO3/c22-19(13-15-6-8-17(9-7-15)20(23)24)21-18(16-10-11-16)12-14-4-2-1-3-5-14/h1-9,16,18H,10-13H2,(H,21,22)(H,23,24). The molecule has 1 amide bonds. The Morgan fingerprint density at radius 2 is 1.67 bits per heavy atom. The molecule has 4 nitrogen and oxygen atoms in total. The summed E-state index contributed by atoms with van der Waals surface area (Å²) in [6.07, 6.45) is 3.48. The quantitative estimate of drug-likeness (QED) is 0.823. The smallest absolute Gasteiger partial charge is 0.335 e. The van der Waals surface area contributed by atoms with Gasteiger partial charge in [-0.2, -0.15) is 0 Å². The Bertz CT molecular complexity index is 705. The van der Waals surface area contributed by atoms with Gasteiger partial charge >= 0.3 is 5.97 Å². The van der Waals surface area contributed by atoms with Crippen LogP contribution in [0.2, 0.25) is 0 Å². The maximum Gasteiger partial charge on any atom is 0.335 e. The van der Waals surface area contributed by atoms with Gasteiger partial charge in [0.25, 0.3) is 0 Å². The zero-order valence-electron chi connectivity index (χ0n) is 13.4. The summed E-state index contributed by atoms with van der Waals surface area (Å²) in [6.45, 7) is 0. The van der Waals surface area contributed by atoms with Crippen molar-refractivity contribution in [3.8, 4) is 0 Å². The minimum absolute atomic E-state index is 0.00842. The fourth-order valence-corrected chi connectivity index (χ4v) is 2.91. The van der Waals surface area contributed by atoms with E-state index in [0.29, 0.717) is 5.92 Å². The Hall–Kier alpha value is -2.62. The SMILES string of the molecule is O=C(Cc1ccc(C(=O)O)cc1)NC(Cc1ccccc1)C1CC1. The van der Waals surface area contributed by atoms with Gasteiger partial charge in [0.1, 0.15) is 0 Å². The molecule has 2 aromatic rings. The molecule has 124 valence electrons.